The molecule has 0 amide bonds. The first-order valence-electron chi connectivity index (χ1n) is 6.72. The Labute approximate surface area is 113 Å². The predicted molar refractivity (Wildman–Crippen MR) is 71.1 cm³/mol. The molecule has 3 nitrogen and oxygen atoms in total. The summed E-state index contributed by atoms with van der Waals surface area (Å²) in [6.45, 7) is 2.72. The Morgan fingerprint density at radius 2 is 2.05 bits per heavy atom. The third kappa shape index (κ3) is 2.95. The largest absolute Gasteiger partial charge is 0.467 e. The number of hydrogen-bond acceptors (Lipinski definition) is 3. The standard InChI is InChI=1S/C15H20FNO2/c1-3-15(14(18)19-2,17-10-11-4-5-11)12-6-8-13(16)9-7-12/h6-9,11,17H,3-5,10H2,1-2H3. The number of hydrogen-bond donors (Lipinski definition) is 1. The van der Waals surface area contributed by atoms with Gasteiger partial charge in [-0.05, 0) is 49.4 Å². The molecule has 0 heterocycles. The Morgan fingerprint density at radius 1 is 1.42 bits per heavy atom. The first-order chi connectivity index (χ1) is 9.12. The van der Waals surface area contributed by atoms with Gasteiger partial charge in [0.25, 0.3) is 0 Å². The lowest BCUT2D eigenvalue weighted by atomic mass is 9.87. The van der Waals surface area contributed by atoms with Crippen molar-refractivity contribution in [2.45, 2.75) is 31.7 Å². The van der Waals surface area contributed by atoms with Crippen LogP contribution in [0.4, 0.5) is 4.39 Å². The average molecular weight is 265 g/mol. The Bertz CT molecular complexity index is 442. The highest BCUT2D eigenvalue weighted by Crippen LogP contribution is 2.32. The van der Waals surface area contributed by atoms with Crippen molar-refractivity contribution >= 4 is 5.97 Å². The summed E-state index contributed by atoms with van der Waals surface area (Å²) >= 11 is 0. The van der Waals surface area contributed by atoms with Gasteiger partial charge in [0.15, 0.2) is 0 Å². The third-order valence-electron chi connectivity index (χ3n) is 3.79. The fraction of sp³-hybridized carbons (Fsp3) is 0.533. The molecule has 4 heteroatoms. The number of halogens is 1. The minimum Gasteiger partial charge on any atom is -0.467 e. The number of esters is 1. The highest BCUT2D eigenvalue weighted by molar-refractivity contribution is 5.82. The van der Waals surface area contributed by atoms with Crippen molar-refractivity contribution in [3.63, 3.8) is 0 Å². The van der Waals surface area contributed by atoms with Crippen LogP contribution in [-0.2, 0) is 15.1 Å². The van der Waals surface area contributed by atoms with Gasteiger partial charge < -0.3 is 4.74 Å². The second-order valence-corrected chi connectivity index (χ2v) is 5.08. The number of benzene rings is 1. The first kappa shape index (κ1) is 14.0. The monoisotopic (exact) mass is 265 g/mol. The molecule has 1 atom stereocenters. The maximum Gasteiger partial charge on any atom is 0.330 e. The van der Waals surface area contributed by atoms with Crippen LogP contribution >= 0.6 is 0 Å². The average Bonchev–Trinajstić information content (AvgIpc) is 3.25. The fourth-order valence-electron chi connectivity index (χ4n) is 2.31. The third-order valence-corrected chi connectivity index (χ3v) is 3.79. The number of nitrogens with one attached hydrogen (secondary N) is 1. The lowest BCUT2D eigenvalue weighted by Gasteiger charge is -2.31. The first-order valence-corrected chi connectivity index (χ1v) is 6.72. The fourth-order valence-corrected chi connectivity index (χ4v) is 2.31. The minimum absolute atomic E-state index is 0.305. The van der Waals surface area contributed by atoms with Crippen LogP contribution in [0.15, 0.2) is 24.3 Å². The second kappa shape index (κ2) is 5.70. The quantitative estimate of drug-likeness (QED) is 0.803. The number of carbonyl (C=O) groups excluding carboxylic acids is 1. The van der Waals surface area contributed by atoms with Crippen molar-refractivity contribution in [3.8, 4) is 0 Å². The summed E-state index contributed by atoms with van der Waals surface area (Å²) in [5.74, 6) is 0.0269. The highest BCUT2D eigenvalue weighted by Gasteiger charge is 2.40. The molecule has 1 aliphatic carbocycles. The van der Waals surface area contributed by atoms with Crippen molar-refractivity contribution in [2.24, 2.45) is 5.92 Å². The summed E-state index contributed by atoms with van der Waals surface area (Å²) in [6.07, 6.45) is 2.98. The van der Waals surface area contributed by atoms with Crippen LogP contribution < -0.4 is 5.32 Å². The summed E-state index contributed by atoms with van der Waals surface area (Å²) in [7, 11) is 1.38. The van der Waals surface area contributed by atoms with Crippen molar-refractivity contribution in [1.29, 1.82) is 0 Å². The highest BCUT2D eigenvalue weighted by atomic mass is 19.1. The molecule has 1 aromatic carbocycles. The molecule has 1 fully saturated rings. The smallest absolute Gasteiger partial charge is 0.330 e. The van der Waals surface area contributed by atoms with E-state index in [1.54, 1.807) is 12.1 Å². The predicted octanol–water partition coefficient (Wildman–Crippen LogP) is 2.60. The molecule has 1 aromatic rings. The van der Waals surface area contributed by atoms with Crippen molar-refractivity contribution in [3.05, 3.63) is 35.6 Å². The van der Waals surface area contributed by atoms with E-state index in [0.717, 1.165) is 12.1 Å². The Hall–Kier alpha value is -1.42. The molecule has 0 bridgehead atoms. The number of rotatable bonds is 6. The van der Waals surface area contributed by atoms with E-state index in [-0.39, 0.29) is 11.8 Å². The Balaban J connectivity index is 2.29. The van der Waals surface area contributed by atoms with E-state index >= 15 is 0 Å². The molecule has 0 saturated heterocycles. The van der Waals surface area contributed by atoms with Crippen LogP contribution in [0.2, 0.25) is 0 Å². The molecule has 1 unspecified atom stereocenters. The van der Waals surface area contributed by atoms with Gasteiger partial charge in [0, 0.05) is 0 Å². The van der Waals surface area contributed by atoms with Gasteiger partial charge in [-0.3, -0.25) is 5.32 Å². The van der Waals surface area contributed by atoms with E-state index in [9.17, 15) is 9.18 Å². The van der Waals surface area contributed by atoms with Crippen LogP contribution in [0.25, 0.3) is 0 Å². The molecule has 104 valence electrons. The van der Waals surface area contributed by atoms with Gasteiger partial charge in [0.1, 0.15) is 11.4 Å². The summed E-state index contributed by atoms with van der Waals surface area (Å²) < 4.78 is 18.0. The van der Waals surface area contributed by atoms with Gasteiger partial charge in [0.2, 0.25) is 0 Å². The van der Waals surface area contributed by atoms with E-state index in [0.29, 0.717) is 12.3 Å². The molecule has 2 rings (SSSR count). The van der Waals surface area contributed by atoms with Crippen LogP contribution in [-0.4, -0.2) is 19.6 Å². The zero-order chi connectivity index (χ0) is 13.9. The van der Waals surface area contributed by atoms with Crippen molar-refractivity contribution in [1.82, 2.24) is 5.32 Å². The molecule has 1 saturated carbocycles. The van der Waals surface area contributed by atoms with E-state index in [4.69, 9.17) is 4.74 Å². The molecule has 1 aliphatic rings. The molecular weight excluding hydrogens is 245 g/mol. The molecule has 19 heavy (non-hydrogen) atoms. The molecule has 0 spiro atoms. The zero-order valence-electron chi connectivity index (χ0n) is 11.4. The second-order valence-electron chi connectivity index (χ2n) is 5.08. The SMILES string of the molecule is CCC(NCC1CC1)(C(=O)OC)c1ccc(F)cc1. The van der Waals surface area contributed by atoms with Crippen LogP contribution in [0.3, 0.4) is 0 Å². The van der Waals surface area contributed by atoms with Crippen LogP contribution in [0.5, 0.6) is 0 Å². The lowest BCUT2D eigenvalue weighted by Crippen LogP contribution is -2.50. The number of methoxy groups -OCH3 is 1. The zero-order valence-corrected chi connectivity index (χ0v) is 11.4. The lowest BCUT2D eigenvalue weighted by molar-refractivity contribution is -0.149. The van der Waals surface area contributed by atoms with E-state index in [1.807, 2.05) is 6.92 Å². The van der Waals surface area contributed by atoms with Gasteiger partial charge in [-0.25, -0.2) is 9.18 Å². The van der Waals surface area contributed by atoms with Gasteiger partial charge in [-0.2, -0.15) is 0 Å². The summed E-state index contributed by atoms with van der Waals surface area (Å²) in [5.41, 5.74) is -0.116. The van der Waals surface area contributed by atoms with E-state index in [2.05, 4.69) is 5.32 Å². The van der Waals surface area contributed by atoms with Gasteiger partial charge in [-0.1, -0.05) is 19.1 Å². The molecule has 1 N–H and O–H groups in total. The Morgan fingerprint density at radius 3 is 2.53 bits per heavy atom. The maximum atomic E-state index is 13.0. The summed E-state index contributed by atoms with van der Waals surface area (Å²) in [5, 5.41) is 3.33. The van der Waals surface area contributed by atoms with Gasteiger partial charge >= 0.3 is 5.97 Å². The number of ether oxygens (including phenoxy) is 1. The molecular formula is C15H20FNO2. The maximum absolute atomic E-state index is 13.0. The molecule has 0 radical (unpaired) electrons. The molecule has 0 aromatic heterocycles. The van der Waals surface area contributed by atoms with E-state index in [1.165, 1.54) is 32.1 Å². The van der Waals surface area contributed by atoms with Crippen molar-refractivity contribution < 1.29 is 13.9 Å². The van der Waals surface area contributed by atoms with Crippen LogP contribution in [0.1, 0.15) is 31.7 Å². The van der Waals surface area contributed by atoms with Crippen LogP contribution in [0, 0.1) is 11.7 Å². The van der Waals surface area contributed by atoms with Gasteiger partial charge in [-0.15, -0.1) is 0 Å². The molecule has 0 aliphatic heterocycles. The van der Waals surface area contributed by atoms with E-state index < -0.39 is 5.54 Å². The minimum atomic E-state index is -0.870. The summed E-state index contributed by atoms with van der Waals surface area (Å²) in [4.78, 5) is 12.2. The van der Waals surface area contributed by atoms with Gasteiger partial charge in [0.05, 0.1) is 7.11 Å². The topological polar surface area (TPSA) is 38.3 Å². The van der Waals surface area contributed by atoms with Crippen molar-refractivity contribution in [2.75, 3.05) is 13.7 Å². The Kier molecular flexibility index (Phi) is 4.20. The summed E-state index contributed by atoms with van der Waals surface area (Å²) in [6, 6.07) is 6.05. The number of carbonyl (C=O) groups is 1. The normalized spacial score (nSPS) is 17.8.